The minimum Gasteiger partial charge on any atom is -0.379 e. The zero-order valence-electron chi connectivity index (χ0n) is 12.8. The van der Waals surface area contributed by atoms with E-state index in [0.29, 0.717) is 0 Å². The van der Waals surface area contributed by atoms with Crippen LogP contribution >= 0.6 is 15.9 Å². The Hall–Kier alpha value is -1.07. The maximum Gasteiger partial charge on any atom is 0.193 e. The van der Waals surface area contributed by atoms with E-state index in [4.69, 9.17) is 4.74 Å². The summed E-state index contributed by atoms with van der Waals surface area (Å²) in [5.41, 5.74) is 1.26. The third-order valence-electron chi connectivity index (χ3n) is 3.49. The molecule has 1 aliphatic carbocycles. The normalized spacial score (nSPS) is 15.1. The number of halogens is 1. The molecule has 0 radical (unpaired) electrons. The van der Waals surface area contributed by atoms with E-state index in [0.717, 1.165) is 42.7 Å². The van der Waals surface area contributed by atoms with Crippen LogP contribution in [-0.4, -0.2) is 44.7 Å². The van der Waals surface area contributed by atoms with Crippen LogP contribution in [0.4, 0.5) is 0 Å². The fraction of sp³-hybridized carbons (Fsp3) is 0.562. The topological polar surface area (TPSA) is 36.9 Å². The summed E-state index contributed by atoms with van der Waals surface area (Å²) in [6, 6.07) is 8.36. The molecule has 5 heteroatoms. The Morgan fingerprint density at radius 3 is 2.71 bits per heavy atom. The van der Waals surface area contributed by atoms with Crippen molar-refractivity contribution in [3.05, 3.63) is 34.3 Å². The summed E-state index contributed by atoms with van der Waals surface area (Å²) in [6.07, 6.45) is 2.68. The zero-order chi connectivity index (χ0) is 15.1. The van der Waals surface area contributed by atoms with Crippen molar-refractivity contribution in [2.45, 2.75) is 19.4 Å². The summed E-state index contributed by atoms with van der Waals surface area (Å²) < 4.78 is 6.72. The monoisotopic (exact) mass is 353 g/mol. The molecule has 116 valence electrons. The molecule has 0 saturated heterocycles. The maximum atomic E-state index is 5.62. The fourth-order valence-corrected chi connectivity index (χ4v) is 2.36. The quantitative estimate of drug-likeness (QED) is 0.465. The van der Waals surface area contributed by atoms with E-state index in [1.165, 1.54) is 18.4 Å². The molecule has 0 atom stereocenters. The second-order valence-corrected chi connectivity index (χ2v) is 6.39. The smallest absolute Gasteiger partial charge is 0.193 e. The van der Waals surface area contributed by atoms with Crippen LogP contribution in [0.3, 0.4) is 0 Å². The molecule has 0 aromatic heterocycles. The van der Waals surface area contributed by atoms with Gasteiger partial charge in [0.2, 0.25) is 0 Å². The number of hydrogen-bond donors (Lipinski definition) is 1. The molecule has 0 amide bonds. The van der Waals surface area contributed by atoms with E-state index in [2.05, 4.69) is 55.4 Å². The fourth-order valence-electron chi connectivity index (χ4n) is 2.09. The SMILES string of the molecule is CN=C(NCCOCC1CC1)N(C)Cc1ccc(Br)cc1. The predicted octanol–water partition coefficient (Wildman–Crippen LogP) is 2.88. The van der Waals surface area contributed by atoms with E-state index < -0.39 is 0 Å². The van der Waals surface area contributed by atoms with Gasteiger partial charge in [-0.3, -0.25) is 4.99 Å². The molecule has 1 aromatic rings. The zero-order valence-corrected chi connectivity index (χ0v) is 14.4. The highest BCUT2D eigenvalue weighted by molar-refractivity contribution is 9.10. The number of guanidine groups is 1. The van der Waals surface area contributed by atoms with Crippen LogP contribution in [-0.2, 0) is 11.3 Å². The molecule has 2 rings (SSSR count). The lowest BCUT2D eigenvalue weighted by atomic mass is 10.2. The molecule has 0 spiro atoms. The predicted molar refractivity (Wildman–Crippen MR) is 90.5 cm³/mol. The summed E-state index contributed by atoms with van der Waals surface area (Å²) >= 11 is 3.45. The number of nitrogens with one attached hydrogen (secondary N) is 1. The molecule has 1 aromatic carbocycles. The van der Waals surface area contributed by atoms with Gasteiger partial charge in [0, 0.05) is 38.3 Å². The van der Waals surface area contributed by atoms with E-state index >= 15 is 0 Å². The average Bonchev–Trinajstić information content (AvgIpc) is 3.29. The first kappa shape index (κ1) is 16.3. The lowest BCUT2D eigenvalue weighted by molar-refractivity contribution is 0.128. The summed E-state index contributed by atoms with van der Waals surface area (Å²) in [4.78, 5) is 6.43. The Labute approximate surface area is 135 Å². The van der Waals surface area contributed by atoms with Gasteiger partial charge in [0.25, 0.3) is 0 Å². The van der Waals surface area contributed by atoms with Gasteiger partial charge in [-0.1, -0.05) is 28.1 Å². The summed E-state index contributed by atoms with van der Waals surface area (Å²) in [7, 11) is 3.86. The standard InChI is InChI=1S/C16H24BrN3O/c1-18-16(19-9-10-21-12-14-3-4-14)20(2)11-13-5-7-15(17)8-6-13/h5-8,14H,3-4,9-12H2,1-2H3,(H,18,19). The van der Waals surface area contributed by atoms with Gasteiger partial charge >= 0.3 is 0 Å². The summed E-state index contributed by atoms with van der Waals surface area (Å²) in [5.74, 6) is 1.72. The first-order valence-corrected chi connectivity index (χ1v) is 8.22. The highest BCUT2D eigenvalue weighted by Gasteiger charge is 2.20. The van der Waals surface area contributed by atoms with Crippen LogP contribution in [0.5, 0.6) is 0 Å². The second kappa shape index (κ2) is 8.39. The van der Waals surface area contributed by atoms with Crippen molar-refractivity contribution in [2.75, 3.05) is 33.9 Å². The van der Waals surface area contributed by atoms with Gasteiger partial charge in [-0.05, 0) is 36.5 Å². The van der Waals surface area contributed by atoms with Gasteiger partial charge in [-0.2, -0.15) is 0 Å². The van der Waals surface area contributed by atoms with Crippen molar-refractivity contribution in [3.8, 4) is 0 Å². The molecule has 1 saturated carbocycles. The third-order valence-corrected chi connectivity index (χ3v) is 4.02. The molecule has 4 nitrogen and oxygen atoms in total. The second-order valence-electron chi connectivity index (χ2n) is 5.47. The van der Waals surface area contributed by atoms with Crippen molar-refractivity contribution >= 4 is 21.9 Å². The number of ether oxygens (including phenoxy) is 1. The number of benzene rings is 1. The molecular weight excluding hydrogens is 330 g/mol. The van der Waals surface area contributed by atoms with Crippen LogP contribution < -0.4 is 5.32 Å². The van der Waals surface area contributed by atoms with Crippen LogP contribution in [0.15, 0.2) is 33.7 Å². The van der Waals surface area contributed by atoms with Crippen LogP contribution in [0.1, 0.15) is 18.4 Å². The Morgan fingerprint density at radius 2 is 2.10 bits per heavy atom. The van der Waals surface area contributed by atoms with Crippen LogP contribution in [0.25, 0.3) is 0 Å². The average molecular weight is 354 g/mol. The minimum absolute atomic E-state index is 0.738. The molecule has 0 aliphatic heterocycles. The molecule has 1 fully saturated rings. The first-order valence-electron chi connectivity index (χ1n) is 7.43. The number of hydrogen-bond acceptors (Lipinski definition) is 2. The van der Waals surface area contributed by atoms with Crippen molar-refractivity contribution in [1.82, 2.24) is 10.2 Å². The van der Waals surface area contributed by atoms with Crippen molar-refractivity contribution < 1.29 is 4.74 Å². The van der Waals surface area contributed by atoms with Crippen molar-refractivity contribution in [2.24, 2.45) is 10.9 Å². The lowest BCUT2D eigenvalue weighted by Gasteiger charge is -2.22. The highest BCUT2D eigenvalue weighted by Crippen LogP contribution is 2.28. The third kappa shape index (κ3) is 6.06. The molecule has 21 heavy (non-hydrogen) atoms. The largest absolute Gasteiger partial charge is 0.379 e. The Kier molecular flexibility index (Phi) is 6.51. The summed E-state index contributed by atoms with van der Waals surface area (Å²) in [6.45, 7) is 3.27. The molecular formula is C16H24BrN3O. The Balaban J connectivity index is 1.69. The highest BCUT2D eigenvalue weighted by atomic mass is 79.9. The Bertz CT molecular complexity index is 457. The van der Waals surface area contributed by atoms with Crippen LogP contribution in [0.2, 0.25) is 0 Å². The van der Waals surface area contributed by atoms with Gasteiger partial charge in [0.1, 0.15) is 0 Å². The molecule has 0 bridgehead atoms. The number of rotatable bonds is 7. The van der Waals surface area contributed by atoms with E-state index in [-0.39, 0.29) is 0 Å². The molecule has 0 unspecified atom stereocenters. The number of nitrogens with zero attached hydrogens (tertiary/aromatic N) is 2. The van der Waals surface area contributed by atoms with E-state index in [1.807, 2.05) is 14.1 Å². The van der Waals surface area contributed by atoms with Gasteiger partial charge in [-0.25, -0.2) is 0 Å². The van der Waals surface area contributed by atoms with E-state index in [9.17, 15) is 0 Å². The van der Waals surface area contributed by atoms with E-state index in [1.54, 1.807) is 0 Å². The van der Waals surface area contributed by atoms with Crippen molar-refractivity contribution in [1.29, 1.82) is 0 Å². The van der Waals surface area contributed by atoms with Crippen molar-refractivity contribution in [3.63, 3.8) is 0 Å². The lowest BCUT2D eigenvalue weighted by Crippen LogP contribution is -2.40. The van der Waals surface area contributed by atoms with Crippen LogP contribution in [0, 0.1) is 5.92 Å². The van der Waals surface area contributed by atoms with Gasteiger partial charge in [0.15, 0.2) is 5.96 Å². The molecule has 0 heterocycles. The summed E-state index contributed by atoms with van der Waals surface area (Å²) in [5, 5.41) is 3.34. The molecule has 1 aliphatic rings. The first-order chi connectivity index (χ1) is 10.2. The Morgan fingerprint density at radius 1 is 1.38 bits per heavy atom. The molecule has 1 N–H and O–H groups in total. The van der Waals surface area contributed by atoms with Gasteiger partial charge < -0.3 is 15.0 Å². The van der Waals surface area contributed by atoms with Gasteiger partial charge in [-0.15, -0.1) is 0 Å². The van der Waals surface area contributed by atoms with Gasteiger partial charge in [0.05, 0.1) is 6.61 Å². The maximum absolute atomic E-state index is 5.62. The minimum atomic E-state index is 0.738. The number of aliphatic imine (C=N–C) groups is 1.